The monoisotopic (exact) mass is 233 g/mol. The fourth-order valence-electron chi connectivity index (χ4n) is 2.42. The molecule has 3 heteroatoms. The van der Waals surface area contributed by atoms with Crippen molar-refractivity contribution >= 4 is 11.4 Å². The standard InChI is InChI=1S/C14H23N3/c1-11-9-12(6-7-14(11)15)16-10-13-5-3-4-8-17(13)2/h6-7,9,13,16H,3-5,8,10,15H2,1-2H3. The summed E-state index contributed by atoms with van der Waals surface area (Å²) in [5.41, 5.74) is 9.00. The largest absolute Gasteiger partial charge is 0.399 e. The summed E-state index contributed by atoms with van der Waals surface area (Å²) in [6, 6.07) is 6.83. The molecule has 1 aromatic rings. The zero-order chi connectivity index (χ0) is 12.3. The molecule has 1 heterocycles. The molecule has 17 heavy (non-hydrogen) atoms. The molecule has 1 atom stereocenters. The Balaban J connectivity index is 1.90. The minimum atomic E-state index is 0.668. The van der Waals surface area contributed by atoms with E-state index in [1.165, 1.54) is 31.5 Å². The van der Waals surface area contributed by atoms with E-state index >= 15 is 0 Å². The van der Waals surface area contributed by atoms with E-state index in [2.05, 4.69) is 29.4 Å². The van der Waals surface area contributed by atoms with E-state index in [0.29, 0.717) is 6.04 Å². The molecule has 1 unspecified atom stereocenters. The number of hydrogen-bond donors (Lipinski definition) is 2. The molecule has 0 spiro atoms. The summed E-state index contributed by atoms with van der Waals surface area (Å²) in [7, 11) is 2.22. The number of piperidine rings is 1. The van der Waals surface area contributed by atoms with E-state index in [0.717, 1.165) is 17.8 Å². The lowest BCUT2D eigenvalue weighted by molar-refractivity contribution is 0.194. The maximum atomic E-state index is 5.81. The second-order valence-electron chi connectivity index (χ2n) is 5.08. The Morgan fingerprint density at radius 2 is 2.24 bits per heavy atom. The highest BCUT2D eigenvalue weighted by Gasteiger charge is 2.18. The van der Waals surface area contributed by atoms with Gasteiger partial charge in [-0.3, -0.25) is 0 Å². The van der Waals surface area contributed by atoms with Crippen LogP contribution in [0.15, 0.2) is 18.2 Å². The summed E-state index contributed by atoms with van der Waals surface area (Å²) in [6.45, 7) is 4.31. The Kier molecular flexibility index (Phi) is 3.89. The number of benzene rings is 1. The van der Waals surface area contributed by atoms with Gasteiger partial charge < -0.3 is 16.0 Å². The lowest BCUT2D eigenvalue weighted by Gasteiger charge is -2.32. The van der Waals surface area contributed by atoms with Crippen LogP contribution < -0.4 is 11.1 Å². The van der Waals surface area contributed by atoms with Crippen LogP contribution in [0.4, 0.5) is 11.4 Å². The second kappa shape index (κ2) is 5.41. The molecule has 2 rings (SSSR count). The second-order valence-corrected chi connectivity index (χ2v) is 5.08. The summed E-state index contributed by atoms with van der Waals surface area (Å²) in [5, 5.41) is 3.52. The number of nitrogens with one attached hydrogen (secondary N) is 1. The Morgan fingerprint density at radius 1 is 1.41 bits per heavy atom. The van der Waals surface area contributed by atoms with E-state index in [1.807, 2.05) is 13.0 Å². The molecule has 1 aliphatic heterocycles. The van der Waals surface area contributed by atoms with Crippen LogP contribution in [0.2, 0.25) is 0 Å². The molecule has 1 aliphatic rings. The van der Waals surface area contributed by atoms with Gasteiger partial charge >= 0.3 is 0 Å². The molecule has 94 valence electrons. The molecule has 0 aliphatic carbocycles. The fourth-order valence-corrected chi connectivity index (χ4v) is 2.42. The molecule has 0 amide bonds. The van der Waals surface area contributed by atoms with E-state index in [4.69, 9.17) is 5.73 Å². The van der Waals surface area contributed by atoms with Crippen LogP contribution >= 0.6 is 0 Å². The third-order valence-electron chi connectivity index (χ3n) is 3.73. The van der Waals surface area contributed by atoms with Gasteiger partial charge in [0.2, 0.25) is 0 Å². The van der Waals surface area contributed by atoms with Crippen molar-refractivity contribution in [2.45, 2.75) is 32.2 Å². The third-order valence-corrected chi connectivity index (χ3v) is 3.73. The average Bonchev–Trinajstić information content (AvgIpc) is 2.32. The van der Waals surface area contributed by atoms with Gasteiger partial charge in [0.15, 0.2) is 0 Å². The van der Waals surface area contributed by atoms with E-state index < -0.39 is 0 Å². The molecule has 3 N–H and O–H groups in total. The van der Waals surface area contributed by atoms with Crippen LogP contribution in [0.1, 0.15) is 24.8 Å². The maximum Gasteiger partial charge on any atom is 0.0345 e. The highest BCUT2D eigenvalue weighted by Crippen LogP contribution is 2.19. The molecule has 0 bridgehead atoms. The number of nitrogens with two attached hydrogens (primary N) is 1. The van der Waals surface area contributed by atoms with Gasteiger partial charge in [-0.05, 0) is 57.1 Å². The number of hydrogen-bond acceptors (Lipinski definition) is 3. The van der Waals surface area contributed by atoms with Crippen molar-refractivity contribution in [2.24, 2.45) is 0 Å². The minimum absolute atomic E-state index is 0.668. The normalized spacial score (nSPS) is 21.4. The van der Waals surface area contributed by atoms with Crippen LogP contribution in [0.3, 0.4) is 0 Å². The first-order chi connectivity index (χ1) is 8.16. The Bertz CT molecular complexity index is 376. The lowest BCUT2D eigenvalue weighted by atomic mass is 10.0. The number of aryl methyl sites for hydroxylation is 1. The molecule has 3 nitrogen and oxygen atoms in total. The number of likely N-dealkylation sites (tertiary alicyclic amines) is 1. The van der Waals surface area contributed by atoms with Gasteiger partial charge in [-0.2, -0.15) is 0 Å². The molecule has 0 aromatic heterocycles. The van der Waals surface area contributed by atoms with Crippen molar-refractivity contribution < 1.29 is 0 Å². The van der Waals surface area contributed by atoms with Crippen LogP contribution in [0.5, 0.6) is 0 Å². The number of likely N-dealkylation sites (N-methyl/N-ethyl adjacent to an activating group) is 1. The van der Waals surface area contributed by atoms with Gasteiger partial charge in [-0.15, -0.1) is 0 Å². The van der Waals surface area contributed by atoms with Crippen molar-refractivity contribution in [1.29, 1.82) is 0 Å². The van der Waals surface area contributed by atoms with Crippen molar-refractivity contribution in [3.05, 3.63) is 23.8 Å². The first-order valence-corrected chi connectivity index (χ1v) is 6.47. The predicted molar refractivity (Wildman–Crippen MR) is 74.4 cm³/mol. The molecule has 1 fully saturated rings. The number of nitrogen functional groups attached to an aromatic ring is 1. The van der Waals surface area contributed by atoms with Crippen LogP contribution in [-0.4, -0.2) is 31.1 Å². The average molecular weight is 233 g/mol. The summed E-state index contributed by atoms with van der Waals surface area (Å²) >= 11 is 0. The number of rotatable bonds is 3. The van der Waals surface area contributed by atoms with Gasteiger partial charge in [0.1, 0.15) is 0 Å². The van der Waals surface area contributed by atoms with Crippen LogP contribution in [-0.2, 0) is 0 Å². The van der Waals surface area contributed by atoms with Crippen molar-refractivity contribution in [2.75, 3.05) is 31.2 Å². The quantitative estimate of drug-likeness (QED) is 0.788. The zero-order valence-corrected chi connectivity index (χ0v) is 10.9. The molecular formula is C14H23N3. The molecule has 0 radical (unpaired) electrons. The summed E-state index contributed by atoms with van der Waals surface area (Å²) < 4.78 is 0. The predicted octanol–water partition coefficient (Wildman–Crippen LogP) is 2.47. The SMILES string of the molecule is Cc1cc(NCC2CCCCN2C)ccc1N. The summed E-state index contributed by atoms with van der Waals surface area (Å²) in [5.74, 6) is 0. The van der Waals surface area contributed by atoms with E-state index in [9.17, 15) is 0 Å². The molecule has 1 saturated heterocycles. The van der Waals surface area contributed by atoms with Gasteiger partial charge in [-0.25, -0.2) is 0 Å². The topological polar surface area (TPSA) is 41.3 Å². The van der Waals surface area contributed by atoms with Crippen LogP contribution in [0.25, 0.3) is 0 Å². The minimum Gasteiger partial charge on any atom is -0.399 e. The number of nitrogens with zero attached hydrogens (tertiary/aromatic N) is 1. The van der Waals surface area contributed by atoms with Gasteiger partial charge in [0.25, 0.3) is 0 Å². The van der Waals surface area contributed by atoms with Crippen molar-refractivity contribution in [3.8, 4) is 0 Å². The summed E-state index contributed by atoms with van der Waals surface area (Å²) in [6.07, 6.45) is 4.00. The Labute approximate surface area is 104 Å². The highest BCUT2D eigenvalue weighted by molar-refractivity contribution is 5.56. The van der Waals surface area contributed by atoms with Crippen molar-refractivity contribution in [3.63, 3.8) is 0 Å². The van der Waals surface area contributed by atoms with Gasteiger partial charge in [0.05, 0.1) is 0 Å². The fraction of sp³-hybridized carbons (Fsp3) is 0.571. The van der Waals surface area contributed by atoms with Gasteiger partial charge in [-0.1, -0.05) is 6.42 Å². The molecule has 0 saturated carbocycles. The Morgan fingerprint density at radius 3 is 2.94 bits per heavy atom. The van der Waals surface area contributed by atoms with Crippen LogP contribution in [0, 0.1) is 6.92 Å². The Hall–Kier alpha value is -1.22. The molecular weight excluding hydrogens is 210 g/mol. The van der Waals surface area contributed by atoms with E-state index in [1.54, 1.807) is 0 Å². The zero-order valence-electron chi connectivity index (χ0n) is 10.9. The summed E-state index contributed by atoms with van der Waals surface area (Å²) in [4.78, 5) is 2.46. The number of anilines is 2. The van der Waals surface area contributed by atoms with Gasteiger partial charge in [0, 0.05) is 24.0 Å². The van der Waals surface area contributed by atoms with Crippen molar-refractivity contribution in [1.82, 2.24) is 4.90 Å². The lowest BCUT2D eigenvalue weighted by Crippen LogP contribution is -2.40. The first kappa shape index (κ1) is 12.2. The van der Waals surface area contributed by atoms with E-state index in [-0.39, 0.29) is 0 Å². The highest BCUT2D eigenvalue weighted by atomic mass is 15.2. The third kappa shape index (κ3) is 3.13. The molecule has 1 aromatic carbocycles. The first-order valence-electron chi connectivity index (χ1n) is 6.47. The smallest absolute Gasteiger partial charge is 0.0345 e. The maximum absolute atomic E-state index is 5.81.